The topological polar surface area (TPSA) is 107 Å². The van der Waals surface area contributed by atoms with Gasteiger partial charge in [-0.1, -0.05) is 35.3 Å². The lowest BCUT2D eigenvalue weighted by molar-refractivity contribution is -0.141. The number of imidazole rings is 1. The van der Waals surface area contributed by atoms with Gasteiger partial charge in [-0.05, 0) is 48.9 Å². The Bertz CT molecular complexity index is 1750. The van der Waals surface area contributed by atoms with E-state index in [4.69, 9.17) is 34.8 Å². The first-order valence-electron chi connectivity index (χ1n) is 11.3. The van der Waals surface area contributed by atoms with E-state index in [-0.39, 0.29) is 43.9 Å². The van der Waals surface area contributed by atoms with Gasteiger partial charge in [0.1, 0.15) is 11.6 Å². The predicted octanol–water partition coefficient (Wildman–Crippen LogP) is 6.35. The summed E-state index contributed by atoms with van der Waals surface area (Å²) in [4.78, 5) is 3.51. The lowest BCUT2D eigenvalue weighted by Crippen LogP contribution is -2.31. The molecule has 0 aliphatic carbocycles. The molecule has 40 heavy (non-hydrogen) atoms. The van der Waals surface area contributed by atoms with Crippen molar-refractivity contribution in [2.45, 2.75) is 18.0 Å². The highest BCUT2D eigenvalue weighted by Gasteiger charge is 2.35. The van der Waals surface area contributed by atoms with Crippen LogP contribution in [0.25, 0.3) is 22.5 Å². The van der Waals surface area contributed by atoms with Crippen LogP contribution in [0.4, 0.5) is 23.2 Å². The lowest BCUT2D eigenvalue weighted by atomic mass is 10.0. The molecule has 0 atom stereocenters. The maximum absolute atomic E-state index is 15.6. The number of hydrogen-bond acceptors (Lipinski definition) is 6. The molecule has 0 aliphatic heterocycles. The van der Waals surface area contributed by atoms with E-state index >= 15 is 4.39 Å². The van der Waals surface area contributed by atoms with E-state index in [9.17, 15) is 21.6 Å². The van der Waals surface area contributed by atoms with Gasteiger partial charge >= 0.3 is 6.18 Å². The van der Waals surface area contributed by atoms with E-state index < -0.39 is 27.5 Å². The van der Waals surface area contributed by atoms with Crippen molar-refractivity contribution in [2.75, 3.05) is 11.3 Å². The van der Waals surface area contributed by atoms with Crippen molar-refractivity contribution < 1.29 is 26.0 Å². The van der Waals surface area contributed by atoms with Gasteiger partial charge in [-0.2, -0.15) is 13.2 Å². The molecule has 4 rings (SSSR count). The summed E-state index contributed by atoms with van der Waals surface area (Å²) in [6, 6.07) is 12.3. The zero-order chi connectivity index (χ0) is 29.6. The van der Waals surface area contributed by atoms with Crippen LogP contribution in [0.2, 0.25) is 10.0 Å². The largest absolute Gasteiger partial charge is 0.434 e. The molecule has 0 bridgehead atoms. The Morgan fingerprint density at radius 2 is 1.80 bits per heavy atom. The van der Waals surface area contributed by atoms with Crippen LogP contribution in [0.1, 0.15) is 17.1 Å². The second-order valence-electron chi connectivity index (χ2n) is 8.71. The van der Waals surface area contributed by atoms with Crippen LogP contribution in [0.5, 0.6) is 0 Å². The Balaban J connectivity index is 2.00. The molecule has 4 aromatic rings. The van der Waals surface area contributed by atoms with Crippen molar-refractivity contribution in [1.29, 1.82) is 0 Å². The van der Waals surface area contributed by atoms with Gasteiger partial charge in [0.05, 0.1) is 27.0 Å². The zero-order valence-electron chi connectivity index (χ0n) is 20.8. The summed E-state index contributed by atoms with van der Waals surface area (Å²) >= 11 is 12.4. The molecule has 0 amide bonds. The van der Waals surface area contributed by atoms with Gasteiger partial charge in [-0.15, -0.1) is 0 Å². The summed E-state index contributed by atoms with van der Waals surface area (Å²) in [5.41, 5.74) is 5.13. The van der Waals surface area contributed by atoms with Gasteiger partial charge < -0.3 is 10.3 Å². The number of halogens is 6. The maximum Gasteiger partial charge on any atom is 0.434 e. The molecule has 1 aromatic heterocycles. The van der Waals surface area contributed by atoms with Crippen LogP contribution >= 0.6 is 23.2 Å². The third-order valence-corrected chi connectivity index (χ3v) is 7.61. The van der Waals surface area contributed by atoms with E-state index in [1.54, 1.807) is 0 Å². The first-order chi connectivity index (χ1) is 18.6. The van der Waals surface area contributed by atoms with Gasteiger partial charge in [0.15, 0.2) is 15.5 Å². The molecule has 0 fully saturated rings. The molecule has 0 unspecified atom stereocenters. The first kappa shape index (κ1) is 29.4. The number of benzene rings is 3. The molecule has 1 heterocycles. The summed E-state index contributed by atoms with van der Waals surface area (Å²) in [7, 11) is -3.63. The molecule has 4 N–H and O–H groups in total. The van der Waals surface area contributed by atoms with Crippen molar-refractivity contribution in [3.05, 3.63) is 99.9 Å². The smallest absolute Gasteiger partial charge is 0.403 e. The van der Waals surface area contributed by atoms with Gasteiger partial charge in [-0.3, -0.25) is 5.01 Å². The Morgan fingerprint density at radius 1 is 1.10 bits per heavy atom. The number of anilines is 1. The molecule has 14 heteroatoms. The zero-order valence-corrected chi connectivity index (χ0v) is 23.2. The number of nitrogens with zero attached hydrogens (tertiary/aromatic N) is 3. The van der Waals surface area contributed by atoms with Gasteiger partial charge in [0.2, 0.25) is 0 Å². The van der Waals surface area contributed by atoms with E-state index in [0.29, 0.717) is 16.8 Å². The van der Waals surface area contributed by atoms with Gasteiger partial charge in [0, 0.05) is 40.9 Å². The molecule has 0 aliphatic rings. The molecule has 7 nitrogen and oxygen atoms in total. The molecule has 210 valence electrons. The minimum Gasteiger partial charge on any atom is -0.403 e. The third-order valence-electron chi connectivity index (χ3n) is 5.95. The number of alkyl halides is 3. The van der Waals surface area contributed by atoms with Crippen LogP contribution in [0.15, 0.2) is 71.9 Å². The van der Waals surface area contributed by atoms with Crippen LogP contribution in [0, 0.1) is 12.7 Å². The summed E-state index contributed by atoms with van der Waals surface area (Å²) in [5.74, 6) is 5.52. The molecule has 0 saturated heterocycles. The highest BCUT2D eigenvalue weighted by atomic mass is 35.5. The highest BCUT2D eigenvalue weighted by molar-refractivity contribution is 7.90. The van der Waals surface area contributed by atoms with E-state index in [1.807, 2.05) is 0 Å². The number of hydrazine groups is 1. The number of aromatic nitrogens is 2. The molecular weight excluding hydrogens is 593 g/mol. The van der Waals surface area contributed by atoms with E-state index in [0.717, 1.165) is 28.1 Å². The maximum atomic E-state index is 15.6. The minimum absolute atomic E-state index is 0.00176. The molecule has 0 saturated carbocycles. The Morgan fingerprint density at radius 3 is 2.38 bits per heavy atom. The quantitative estimate of drug-likeness (QED) is 0.149. The predicted molar refractivity (Wildman–Crippen MR) is 147 cm³/mol. The van der Waals surface area contributed by atoms with Gasteiger partial charge in [-0.25, -0.2) is 23.6 Å². The van der Waals surface area contributed by atoms with Crippen molar-refractivity contribution in [1.82, 2.24) is 9.55 Å². The van der Waals surface area contributed by atoms with Crippen LogP contribution < -0.4 is 16.6 Å². The average molecular weight is 614 g/mol. The Hall–Kier alpha value is -3.58. The Kier molecular flexibility index (Phi) is 7.92. The number of aryl methyl sites for hydroxylation is 1. The average Bonchev–Trinajstić information content (AvgIpc) is 3.27. The van der Waals surface area contributed by atoms with E-state index in [1.165, 1.54) is 55.5 Å². The number of hydrogen-bond donors (Lipinski definition) is 2. The van der Waals surface area contributed by atoms with Gasteiger partial charge in [0.25, 0.3) is 0 Å². The van der Waals surface area contributed by atoms with E-state index in [2.05, 4.69) is 4.98 Å². The molecule has 3 aromatic carbocycles. The van der Waals surface area contributed by atoms with Crippen molar-refractivity contribution in [3.8, 4) is 16.8 Å². The fourth-order valence-corrected chi connectivity index (χ4v) is 5.20. The van der Waals surface area contributed by atoms with Crippen LogP contribution in [-0.2, 0) is 16.0 Å². The fourth-order valence-electron chi connectivity index (χ4n) is 4.03. The number of rotatable bonds is 6. The lowest BCUT2D eigenvalue weighted by Gasteiger charge is -2.26. The van der Waals surface area contributed by atoms with Crippen LogP contribution in [0.3, 0.4) is 0 Å². The first-order valence-corrected chi connectivity index (χ1v) is 14.0. The normalized spacial score (nSPS) is 12.6. The summed E-state index contributed by atoms with van der Waals surface area (Å²) in [5, 5.41) is 1.53. The van der Waals surface area contributed by atoms with Crippen molar-refractivity contribution in [2.24, 2.45) is 11.6 Å². The van der Waals surface area contributed by atoms with Crippen molar-refractivity contribution in [3.63, 3.8) is 0 Å². The number of sulfone groups is 1. The van der Waals surface area contributed by atoms with Crippen molar-refractivity contribution >= 4 is 44.4 Å². The molecule has 0 radical (unpaired) electrons. The molecular formula is C26H21Cl2F4N5O2S. The SMILES string of the molecule is Cc1nc(C(F)(F)F)cn1-c1cc(F)c(-c2cccc(S(C)(=O)=O)c2)cc1N(N)/C(=C\N)c1ccc(Cl)cc1Cl. The monoisotopic (exact) mass is 613 g/mol. The minimum atomic E-state index is -4.76. The standard InChI is InChI=1S/C26H21Cl2F4N5O2S/c1-14-35-25(26(30,31)32)13-36(14)22-11-21(29)19(15-4-3-5-17(8-15)40(2,38)39)10-23(22)37(34)24(12-33)18-7-6-16(27)9-20(18)28/h3-13H,33-34H2,1-2H3/b24-12-. The fraction of sp³-hybridized carbons (Fsp3) is 0.115. The Labute approximate surface area is 237 Å². The third kappa shape index (κ3) is 5.80. The summed E-state index contributed by atoms with van der Waals surface area (Å²) in [6.07, 6.45) is -1.92. The summed E-state index contributed by atoms with van der Waals surface area (Å²) in [6.45, 7) is 1.32. The molecule has 0 spiro atoms. The van der Waals surface area contributed by atoms with Crippen LogP contribution in [-0.4, -0.2) is 24.2 Å². The second-order valence-corrected chi connectivity index (χ2v) is 11.6. The second kappa shape index (κ2) is 10.8. The number of nitrogens with two attached hydrogens (primary N) is 2. The summed E-state index contributed by atoms with van der Waals surface area (Å²) < 4.78 is 81.2. The highest BCUT2D eigenvalue weighted by Crippen LogP contribution is 2.39.